The minimum Gasteiger partial charge on any atom is -0.442 e. The topological polar surface area (TPSA) is 59.1 Å². The second-order valence-corrected chi connectivity index (χ2v) is 7.22. The summed E-state index contributed by atoms with van der Waals surface area (Å²) in [7, 11) is 0. The Balaban J connectivity index is 1.99. The van der Waals surface area contributed by atoms with Crippen LogP contribution < -0.4 is 0 Å². The number of hydroxylamine groups is 2. The first kappa shape index (κ1) is 19.1. The summed E-state index contributed by atoms with van der Waals surface area (Å²) in [4.78, 5) is 31.8. The molecule has 0 aliphatic carbocycles. The number of carbonyl (C=O) groups is 2. The number of likely N-dealkylation sites (tertiary alicyclic amines) is 1. The lowest BCUT2D eigenvalue weighted by molar-refractivity contribution is -0.110. The maximum absolute atomic E-state index is 12.4. The minimum absolute atomic E-state index is 0.249. The average molecular weight is 348 g/mol. The Morgan fingerprint density at radius 3 is 2.32 bits per heavy atom. The molecule has 0 aromatic heterocycles. The predicted molar refractivity (Wildman–Crippen MR) is 95.0 cm³/mol. The summed E-state index contributed by atoms with van der Waals surface area (Å²) in [5.74, 6) is 0. The molecule has 1 aliphatic heterocycles. The van der Waals surface area contributed by atoms with Gasteiger partial charge in [0.25, 0.3) is 0 Å². The monoisotopic (exact) mass is 348 g/mol. The van der Waals surface area contributed by atoms with Crippen molar-refractivity contribution in [2.75, 3.05) is 19.6 Å². The number of rotatable bonds is 3. The molecule has 1 aromatic rings. The molecule has 0 saturated carbocycles. The van der Waals surface area contributed by atoms with Gasteiger partial charge in [-0.15, -0.1) is 5.06 Å². The summed E-state index contributed by atoms with van der Waals surface area (Å²) in [6.45, 7) is 6.93. The summed E-state index contributed by atoms with van der Waals surface area (Å²) in [5.41, 5.74) is 0.407. The van der Waals surface area contributed by atoms with Crippen molar-refractivity contribution >= 4 is 12.2 Å². The van der Waals surface area contributed by atoms with Crippen LogP contribution in [-0.2, 0) is 16.0 Å². The van der Waals surface area contributed by atoms with Gasteiger partial charge in [0.1, 0.15) is 5.60 Å². The first-order valence-electron chi connectivity index (χ1n) is 8.86. The number of hydrogen-bond donors (Lipinski definition) is 0. The van der Waals surface area contributed by atoms with E-state index in [0.29, 0.717) is 19.5 Å². The standard InChI is InChI=1S/C19H28N2O4/c1-19(2,3)24-18(23)21(15-12-16-10-6-4-7-11-16)25-17(22)20-13-8-5-9-14-20/h4,6-7,10-11H,5,8-9,12-15H2,1-3H3. The Hall–Kier alpha value is -2.24. The highest BCUT2D eigenvalue weighted by atomic mass is 16.8. The Labute approximate surface area is 149 Å². The van der Waals surface area contributed by atoms with Crippen LogP contribution in [0, 0.1) is 0 Å². The number of carbonyl (C=O) groups excluding carboxylic acids is 2. The van der Waals surface area contributed by atoms with Gasteiger partial charge in [0, 0.05) is 13.1 Å². The lowest BCUT2D eigenvalue weighted by Crippen LogP contribution is -2.44. The Morgan fingerprint density at radius 2 is 1.72 bits per heavy atom. The van der Waals surface area contributed by atoms with Crippen LogP contribution in [0.15, 0.2) is 30.3 Å². The van der Waals surface area contributed by atoms with Crippen LogP contribution in [0.25, 0.3) is 0 Å². The zero-order chi connectivity index (χ0) is 18.3. The molecule has 0 atom stereocenters. The molecule has 0 bridgehead atoms. The second-order valence-electron chi connectivity index (χ2n) is 7.22. The Bertz CT molecular complexity index is 563. The number of nitrogens with zero attached hydrogens (tertiary/aromatic N) is 2. The maximum Gasteiger partial charge on any atom is 0.443 e. The van der Waals surface area contributed by atoms with Crippen LogP contribution in [0.1, 0.15) is 45.6 Å². The molecule has 0 radical (unpaired) electrons. The van der Waals surface area contributed by atoms with Crippen molar-refractivity contribution in [2.24, 2.45) is 0 Å². The van der Waals surface area contributed by atoms with E-state index in [1.165, 1.54) is 0 Å². The molecular weight excluding hydrogens is 320 g/mol. The molecule has 6 heteroatoms. The highest BCUT2D eigenvalue weighted by Crippen LogP contribution is 2.14. The van der Waals surface area contributed by atoms with Crippen molar-refractivity contribution in [2.45, 2.75) is 52.1 Å². The van der Waals surface area contributed by atoms with Crippen LogP contribution in [0.3, 0.4) is 0 Å². The maximum atomic E-state index is 12.4. The fraction of sp³-hybridized carbons (Fsp3) is 0.579. The van der Waals surface area contributed by atoms with E-state index in [1.807, 2.05) is 30.3 Å². The Kier molecular flexibility index (Phi) is 6.67. The molecule has 1 heterocycles. The van der Waals surface area contributed by atoms with Gasteiger partial charge in [-0.1, -0.05) is 30.3 Å². The van der Waals surface area contributed by atoms with Gasteiger partial charge in [-0.2, -0.15) is 0 Å². The van der Waals surface area contributed by atoms with Crippen molar-refractivity contribution < 1.29 is 19.2 Å². The quantitative estimate of drug-likeness (QED) is 0.775. The average Bonchev–Trinajstić information content (AvgIpc) is 2.58. The summed E-state index contributed by atoms with van der Waals surface area (Å²) in [6.07, 6.45) is 2.49. The van der Waals surface area contributed by atoms with Gasteiger partial charge < -0.3 is 14.5 Å². The second kappa shape index (κ2) is 8.74. The van der Waals surface area contributed by atoms with E-state index in [4.69, 9.17) is 9.57 Å². The first-order chi connectivity index (χ1) is 11.8. The van der Waals surface area contributed by atoms with Gasteiger partial charge in [-0.05, 0) is 52.0 Å². The van der Waals surface area contributed by atoms with Crippen molar-refractivity contribution in [3.63, 3.8) is 0 Å². The molecule has 6 nitrogen and oxygen atoms in total. The van der Waals surface area contributed by atoms with E-state index in [0.717, 1.165) is 29.9 Å². The van der Waals surface area contributed by atoms with Crippen LogP contribution >= 0.6 is 0 Å². The van der Waals surface area contributed by atoms with Gasteiger partial charge in [0.05, 0.1) is 6.54 Å². The highest BCUT2D eigenvalue weighted by Gasteiger charge is 2.28. The molecule has 2 amide bonds. The smallest absolute Gasteiger partial charge is 0.442 e. The van der Waals surface area contributed by atoms with Crippen LogP contribution in [0.2, 0.25) is 0 Å². The van der Waals surface area contributed by atoms with Crippen molar-refractivity contribution in [1.29, 1.82) is 0 Å². The molecule has 2 rings (SSSR count). The lowest BCUT2D eigenvalue weighted by Gasteiger charge is -2.30. The summed E-state index contributed by atoms with van der Waals surface area (Å²) in [6, 6.07) is 9.75. The molecule has 0 N–H and O–H groups in total. The van der Waals surface area contributed by atoms with Crippen LogP contribution in [0.4, 0.5) is 9.59 Å². The summed E-state index contributed by atoms with van der Waals surface area (Å²) < 4.78 is 5.37. The molecule has 1 saturated heterocycles. The Morgan fingerprint density at radius 1 is 1.08 bits per heavy atom. The number of piperidine rings is 1. The largest absolute Gasteiger partial charge is 0.443 e. The molecule has 0 spiro atoms. The highest BCUT2D eigenvalue weighted by molar-refractivity contribution is 5.72. The number of amides is 2. The zero-order valence-electron chi connectivity index (χ0n) is 15.4. The fourth-order valence-corrected chi connectivity index (χ4v) is 2.59. The van der Waals surface area contributed by atoms with Gasteiger partial charge >= 0.3 is 12.2 Å². The van der Waals surface area contributed by atoms with Crippen molar-refractivity contribution in [1.82, 2.24) is 9.96 Å². The molecule has 138 valence electrons. The molecular formula is C19H28N2O4. The minimum atomic E-state index is -0.653. The lowest BCUT2D eigenvalue weighted by atomic mass is 10.1. The normalized spacial score (nSPS) is 14.8. The van der Waals surface area contributed by atoms with E-state index in [2.05, 4.69) is 0 Å². The van der Waals surface area contributed by atoms with Crippen LogP contribution in [0.5, 0.6) is 0 Å². The van der Waals surface area contributed by atoms with E-state index in [1.54, 1.807) is 25.7 Å². The molecule has 25 heavy (non-hydrogen) atoms. The van der Waals surface area contributed by atoms with E-state index >= 15 is 0 Å². The van der Waals surface area contributed by atoms with E-state index in [-0.39, 0.29) is 6.54 Å². The fourth-order valence-electron chi connectivity index (χ4n) is 2.59. The van der Waals surface area contributed by atoms with Gasteiger partial charge in [-0.3, -0.25) is 0 Å². The van der Waals surface area contributed by atoms with E-state index < -0.39 is 17.8 Å². The molecule has 1 aromatic carbocycles. The zero-order valence-corrected chi connectivity index (χ0v) is 15.4. The van der Waals surface area contributed by atoms with Crippen LogP contribution in [-0.4, -0.2) is 47.4 Å². The third-order valence-electron chi connectivity index (χ3n) is 3.85. The third kappa shape index (κ3) is 6.64. The SMILES string of the molecule is CC(C)(C)OC(=O)N(CCc1ccccc1)OC(=O)N1CCCCC1. The number of hydrogen-bond acceptors (Lipinski definition) is 4. The molecule has 1 aliphatic rings. The first-order valence-corrected chi connectivity index (χ1v) is 8.86. The van der Waals surface area contributed by atoms with E-state index in [9.17, 15) is 9.59 Å². The molecule has 0 unspecified atom stereocenters. The van der Waals surface area contributed by atoms with Crippen molar-refractivity contribution in [3.05, 3.63) is 35.9 Å². The molecule has 1 fully saturated rings. The summed E-state index contributed by atoms with van der Waals surface area (Å²) >= 11 is 0. The summed E-state index contributed by atoms with van der Waals surface area (Å²) in [5, 5.41) is 1.04. The number of benzene rings is 1. The predicted octanol–water partition coefficient (Wildman–Crippen LogP) is 4.00. The third-order valence-corrected chi connectivity index (χ3v) is 3.85. The van der Waals surface area contributed by atoms with Crippen molar-refractivity contribution in [3.8, 4) is 0 Å². The number of ether oxygens (including phenoxy) is 1. The van der Waals surface area contributed by atoms with Gasteiger partial charge in [-0.25, -0.2) is 9.59 Å². The van der Waals surface area contributed by atoms with Gasteiger partial charge in [0.15, 0.2) is 0 Å². The van der Waals surface area contributed by atoms with Gasteiger partial charge in [0.2, 0.25) is 0 Å².